The third-order valence-electron chi connectivity index (χ3n) is 3.50. The molecular formula is C13H26N2O4S. The van der Waals surface area contributed by atoms with Gasteiger partial charge < -0.3 is 5.11 Å². The number of nitrogens with zero attached hydrogens (tertiary/aromatic N) is 1. The molecule has 0 aromatic rings. The normalized spacial score (nSPS) is 23.5. The highest BCUT2D eigenvalue weighted by Crippen LogP contribution is 2.27. The number of nitrogens with one attached hydrogen (secondary N) is 1. The number of aliphatic carboxylic acids is 1. The molecule has 2 N–H and O–H groups in total. The van der Waals surface area contributed by atoms with E-state index >= 15 is 0 Å². The van der Waals surface area contributed by atoms with Crippen molar-refractivity contribution in [1.82, 2.24) is 9.03 Å². The minimum Gasteiger partial charge on any atom is -0.481 e. The molecule has 1 heterocycles. The van der Waals surface area contributed by atoms with Gasteiger partial charge in [0.15, 0.2) is 0 Å². The van der Waals surface area contributed by atoms with E-state index in [-0.39, 0.29) is 18.3 Å². The minimum atomic E-state index is -3.50. The number of hydrogen-bond acceptors (Lipinski definition) is 3. The van der Waals surface area contributed by atoms with E-state index in [0.29, 0.717) is 13.1 Å². The van der Waals surface area contributed by atoms with E-state index < -0.39 is 21.7 Å². The van der Waals surface area contributed by atoms with Crippen molar-refractivity contribution in [3.05, 3.63) is 0 Å². The summed E-state index contributed by atoms with van der Waals surface area (Å²) < 4.78 is 28.7. The number of carboxylic acids is 1. The molecule has 0 bridgehead atoms. The quantitative estimate of drug-likeness (QED) is 0.804. The maximum atomic E-state index is 12.3. The van der Waals surface area contributed by atoms with E-state index in [9.17, 15) is 13.2 Å². The maximum absolute atomic E-state index is 12.3. The first-order chi connectivity index (χ1) is 9.01. The number of carboxylic acid groups (broad SMARTS) is 1. The Morgan fingerprint density at radius 1 is 1.45 bits per heavy atom. The minimum absolute atomic E-state index is 0.0138. The lowest BCUT2D eigenvalue weighted by molar-refractivity contribution is -0.138. The third kappa shape index (κ3) is 5.38. The molecule has 0 aromatic carbocycles. The van der Waals surface area contributed by atoms with Crippen LogP contribution in [-0.4, -0.2) is 42.4 Å². The van der Waals surface area contributed by atoms with E-state index in [1.807, 2.05) is 6.92 Å². The lowest BCUT2D eigenvalue weighted by atomic mass is 9.85. The molecule has 1 rings (SSSR count). The van der Waals surface area contributed by atoms with Crippen LogP contribution in [0.5, 0.6) is 0 Å². The van der Waals surface area contributed by atoms with Crippen molar-refractivity contribution in [2.75, 3.05) is 13.1 Å². The zero-order valence-electron chi connectivity index (χ0n) is 12.7. The van der Waals surface area contributed by atoms with Gasteiger partial charge in [-0.05, 0) is 45.4 Å². The van der Waals surface area contributed by atoms with Gasteiger partial charge in [0, 0.05) is 25.0 Å². The summed E-state index contributed by atoms with van der Waals surface area (Å²) in [5.41, 5.74) is -0.515. The van der Waals surface area contributed by atoms with Crippen LogP contribution < -0.4 is 4.72 Å². The van der Waals surface area contributed by atoms with Gasteiger partial charge in [0.1, 0.15) is 0 Å². The second-order valence-electron chi connectivity index (χ2n) is 6.69. The Morgan fingerprint density at radius 3 is 2.55 bits per heavy atom. The number of carbonyl (C=O) groups is 1. The molecule has 0 saturated carbocycles. The van der Waals surface area contributed by atoms with E-state index in [1.54, 1.807) is 20.8 Å². The summed E-state index contributed by atoms with van der Waals surface area (Å²) in [6.45, 7) is 8.20. The average Bonchev–Trinajstić information content (AvgIpc) is 2.25. The molecule has 2 unspecified atom stereocenters. The highest BCUT2D eigenvalue weighted by atomic mass is 32.2. The van der Waals surface area contributed by atoms with Gasteiger partial charge >= 0.3 is 5.97 Å². The SMILES string of the molecule is CC(CC(=O)O)C1CCCN(S(=O)(=O)NC(C)(C)C)C1. The molecule has 7 heteroatoms. The van der Waals surface area contributed by atoms with Gasteiger partial charge in [-0.1, -0.05) is 6.92 Å². The molecule has 2 atom stereocenters. The molecule has 118 valence electrons. The zero-order valence-corrected chi connectivity index (χ0v) is 13.5. The summed E-state index contributed by atoms with van der Waals surface area (Å²) in [4.78, 5) is 10.8. The second kappa shape index (κ2) is 6.41. The molecule has 0 aliphatic carbocycles. The Bertz CT molecular complexity index is 442. The lowest BCUT2D eigenvalue weighted by Gasteiger charge is -2.36. The highest BCUT2D eigenvalue weighted by Gasteiger charge is 2.33. The molecule has 6 nitrogen and oxygen atoms in total. The topological polar surface area (TPSA) is 86.7 Å². The summed E-state index contributed by atoms with van der Waals surface area (Å²) in [7, 11) is -3.50. The van der Waals surface area contributed by atoms with Crippen molar-refractivity contribution in [1.29, 1.82) is 0 Å². The van der Waals surface area contributed by atoms with Gasteiger partial charge in [0.2, 0.25) is 0 Å². The fourth-order valence-electron chi connectivity index (χ4n) is 2.55. The maximum Gasteiger partial charge on any atom is 0.303 e. The van der Waals surface area contributed by atoms with Gasteiger partial charge in [-0.15, -0.1) is 0 Å². The van der Waals surface area contributed by atoms with Crippen LogP contribution in [0.25, 0.3) is 0 Å². The van der Waals surface area contributed by atoms with E-state index in [4.69, 9.17) is 5.11 Å². The largest absolute Gasteiger partial charge is 0.481 e. The van der Waals surface area contributed by atoms with Gasteiger partial charge in [-0.25, -0.2) is 0 Å². The molecule has 0 radical (unpaired) electrons. The van der Waals surface area contributed by atoms with E-state index in [2.05, 4.69) is 4.72 Å². The Labute approximate surface area is 121 Å². The van der Waals surface area contributed by atoms with Crippen molar-refractivity contribution in [3.63, 3.8) is 0 Å². The van der Waals surface area contributed by atoms with Gasteiger partial charge in [0.05, 0.1) is 0 Å². The van der Waals surface area contributed by atoms with Crippen LogP contribution in [0.1, 0.15) is 47.0 Å². The molecule has 1 aliphatic heterocycles. The molecule has 1 saturated heterocycles. The molecule has 20 heavy (non-hydrogen) atoms. The van der Waals surface area contributed by atoms with Crippen molar-refractivity contribution in [3.8, 4) is 0 Å². The molecule has 0 spiro atoms. The monoisotopic (exact) mass is 306 g/mol. The molecule has 0 amide bonds. The van der Waals surface area contributed by atoms with Crippen LogP contribution in [0.2, 0.25) is 0 Å². The van der Waals surface area contributed by atoms with Crippen LogP contribution in [0.15, 0.2) is 0 Å². The summed E-state index contributed by atoms with van der Waals surface area (Å²) in [6, 6.07) is 0. The average molecular weight is 306 g/mol. The first-order valence-electron chi connectivity index (χ1n) is 7.02. The van der Waals surface area contributed by atoms with Crippen molar-refractivity contribution in [2.45, 2.75) is 52.5 Å². The standard InChI is InChI=1S/C13H26N2O4S/c1-10(8-12(16)17)11-6-5-7-15(9-11)20(18,19)14-13(2,3)4/h10-11,14H,5-9H2,1-4H3,(H,16,17). The predicted molar refractivity (Wildman–Crippen MR) is 77.5 cm³/mol. The zero-order chi connectivity index (χ0) is 15.6. The van der Waals surface area contributed by atoms with Crippen LogP contribution in [0.3, 0.4) is 0 Å². The summed E-state index contributed by atoms with van der Waals surface area (Å²) in [6.07, 6.45) is 1.75. The molecule has 0 aromatic heterocycles. The van der Waals surface area contributed by atoms with Crippen LogP contribution in [0, 0.1) is 11.8 Å². The lowest BCUT2D eigenvalue weighted by Crippen LogP contribution is -2.52. The molecule has 1 aliphatic rings. The Morgan fingerprint density at radius 2 is 2.05 bits per heavy atom. The van der Waals surface area contributed by atoms with Crippen LogP contribution in [0.4, 0.5) is 0 Å². The third-order valence-corrected chi connectivity index (χ3v) is 5.38. The van der Waals surface area contributed by atoms with Gasteiger partial charge in [-0.2, -0.15) is 17.4 Å². The summed E-state index contributed by atoms with van der Waals surface area (Å²) in [5.74, 6) is -0.734. The Hall–Kier alpha value is -0.660. The number of hydrogen-bond donors (Lipinski definition) is 2. The van der Waals surface area contributed by atoms with Crippen molar-refractivity contribution < 1.29 is 18.3 Å². The summed E-state index contributed by atoms with van der Waals surface area (Å²) in [5, 5.41) is 8.85. The first kappa shape index (κ1) is 17.4. The van der Waals surface area contributed by atoms with Crippen LogP contribution in [-0.2, 0) is 15.0 Å². The predicted octanol–water partition coefficient (Wildman–Crippen LogP) is 1.44. The highest BCUT2D eigenvalue weighted by molar-refractivity contribution is 7.87. The van der Waals surface area contributed by atoms with Gasteiger partial charge in [-0.3, -0.25) is 4.79 Å². The van der Waals surface area contributed by atoms with Crippen molar-refractivity contribution in [2.24, 2.45) is 11.8 Å². The number of rotatable bonds is 5. The number of piperidine rings is 1. The van der Waals surface area contributed by atoms with Gasteiger partial charge in [0.25, 0.3) is 10.2 Å². The fraction of sp³-hybridized carbons (Fsp3) is 0.923. The van der Waals surface area contributed by atoms with Crippen LogP contribution >= 0.6 is 0 Å². The fourth-order valence-corrected chi connectivity index (χ4v) is 4.21. The van der Waals surface area contributed by atoms with E-state index in [1.165, 1.54) is 4.31 Å². The summed E-state index contributed by atoms with van der Waals surface area (Å²) >= 11 is 0. The Kier molecular flexibility index (Phi) is 5.57. The molecular weight excluding hydrogens is 280 g/mol. The van der Waals surface area contributed by atoms with Crippen molar-refractivity contribution >= 4 is 16.2 Å². The Balaban J connectivity index is 2.71. The first-order valence-corrected chi connectivity index (χ1v) is 8.46. The second-order valence-corrected chi connectivity index (χ2v) is 8.36. The molecule has 1 fully saturated rings. The van der Waals surface area contributed by atoms with E-state index in [0.717, 1.165) is 12.8 Å². The smallest absolute Gasteiger partial charge is 0.303 e.